The van der Waals surface area contributed by atoms with Crippen molar-refractivity contribution in [3.05, 3.63) is 33.8 Å². The Labute approximate surface area is 112 Å². The lowest BCUT2D eigenvalue weighted by molar-refractivity contribution is 0.134. The van der Waals surface area contributed by atoms with Crippen molar-refractivity contribution in [2.75, 3.05) is 13.2 Å². The van der Waals surface area contributed by atoms with Crippen molar-refractivity contribution in [2.45, 2.75) is 25.9 Å². The number of hydrogen-bond donors (Lipinski definition) is 1. The van der Waals surface area contributed by atoms with Gasteiger partial charge in [0, 0.05) is 12.6 Å². The molecular formula is C13H17Cl2NO. The molecule has 0 aromatic heterocycles. The first-order chi connectivity index (χ1) is 8.11. The van der Waals surface area contributed by atoms with Gasteiger partial charge in [0.15, 0.2) is 0 Å². The molecule has 1 aromatic carbocycles. The summed E-state index contributed by atoms with van der Waals surface area (Å²) in [6.07, 6.45) is 1.15. The van der Waals surface area contributed by atoms with Gasteiger partial charge < -0.3 is 5.11 Å². The van der Waals surface area contributed by atoms with Crippen LogP contribution < -0.4 is 0 Å². The molecule has 1 aromatic rings. The maximum Gasteiger partial charge on any atom is 0.0595 e. The number of rotatable bonds is 3. The molecule has 1 heterocycles. The first-order valence-corrected chi connectivity index (χ1v) is 6.66. The molecule has 2 unspecified atom stereocenters. The van der Waals surface area contributed by atoms with Gasteiger partial charge in [0.1, 0.15) is 0 Å². The second kappa shape index (κ2) is 5.57. The lowest BCUT2D eigenvalue weighted by atomic mass is 10.0. The summed E-state index contributed by atoms with van der Waals surface area (Å²) in [5.74, 6) is 0.558. The maximum atomic E-state index is 9.39. The van der Waals surface area contributed by atoms with Gasteiger partial charge in [-0.25, -0.2) is 0 Å². The highest BCUT2D eigenvalue weighted by molar-refractivity contribution is 6.42. The zero-order valence-electron chi connectivity index (χ0n) is 9.87. The van der Waals surface area contributed by atoms with Crippen molar-refractivity contribution in [2.24, 2.45) is 5.92 Å². The molecule has 0 bridgehead atoms. The second-order valence-electron chi connectivity index (χ2n) is 4.73. The van der Waals surface area contributed by atoms with E-state index in [1.54, 1.807) is 0 Å². The second-order valence-corrected chi connectivity index (χ2v) is 5.55. The summed E-state index contributed by atoms with van der Waals surface area (Å²) in [5, 5.41) is 10.6. The molecule has 2 nitrogen and oxygen atoms in total. The van der Waals surface area contributed by atoms with E-state index in [1.165, 1.54) is 0 Å². The van der Waals surface area contributed by atoms with Crippen molar-refractivity contribution in [1.29, 1.82) is 0 Å². The van der Waals surface area contributed by atoms with Gasteiger partial charge in [-0.3, -0.25) is 4.90 Å². The van der Waals surface area contributed by atoms with Gasteiger partial charge >= 0.3 is 0 Å². The molecule has 1 aliphatic heterocycles. The summed E-state index contributed by atoms with van der Waals surface area (Å²) >= 11 is 11.9. The molecule has 4 heteroatoms. The topological polar surface area (TPSA) is 23.5 Å². The largest absolute Gasteiger partial charge is 0.395 e. The Balaban J connectivity index is 2.07. The predicted octanol–water partition coefficient (Wildman–Crippen LogP) is 3.20. The third kappa shape index (κ3) is 2.94. The van der Waals surface area contributed by atoms with E-state index in [2.05, 4.69) is 11.8 Å². The first kappa shape index (κ1) is 13.2. The maximum absolute atomic E-state index is 9.39. The van der Waals surface area contributed by atoms with Gasteiger partial charge in [-0.05, 0) is 36.6 Å². The van der Waals surface area contributed by atoms with Crippen LogP contribution in [0.3, 0.4) is 0 Å². The number of nitrogens with zero attached hydrogens (tertiary/aromatic N) is 1. The molecule has 1 saturated heterocycles. The molecule has 1 N–H and O–H groups in total. The number of likely N-dealkylation sites (tertiary alicyclic amines) is 1. The minimum absolute atomic E-state index is 0.225. The first-order valence-electron chi connectivity index (χ1n) is 5.90. The monoisotopic (exact) mass is 273 g/mol. The Morgan fingerprint density at radius 2 is 2.12 bits per heavy atom. The van der Waals surface area contributed by atoms with Crippen LogP contribution in [-0.4, -0.2) is 29.2 Å². The minimum Gasteiger partial charge on any atom is -0.395 e. The van der Waals surface area contributed by atoms with E-state index >= 15 is 0 Å². The Kier molecular flexibility index (Phi) is 4.31. The van der Waals surface area contributed by atoms with E-state index in [1.807, 2.05) is 18.2 Å². The Morgan fingerprint density at radius 1 is 1.35 bits per heavy atom. The number of benzene rings is 1. The molecule has 0 radical (unpaired) electrons. The lowest BCUT2D eigenvalue weighted by Crippen LogP contribution is -2.34. The number of halogens is 2. The van der Waals surface area contributed by atoms with E-state index in [0.717, 1.165) is 25.1 Å². The van der Waals surface area contributed by atoms with Crippen LogP contribution in [-0.2, 0) is 6.54 Å². The molecule has 1 aliphatic rings. The standard InChI is InChI=1S/C13H17Cl2NO/c1-9-4-5-16(13(9)8-17)7-10-2-3-11(14)12(15)6-10/h2-3,6,9,13,17H,4-5,7-8H2,1H3. The molecule has 0 saturated carbocycles. The van der Waals surface area contributed by atoms with E-state index in [-0.39, 0.29) is 12.6 Å². The third-order valence-electron chi connectivity index (χ3n) is 3.55. The third-order valence-corrected chi connectivity index (χ3v) is 4.29. The quantitative estimate of drug-likeness (QED) is 0.915. The highest BCUT2D eigenvalue weighted by atomic mass is 35.5. The van der Waals surface area contributed by atoms with Crippen LogP contribution in [0.4, 0.5) is 0 Å². The average molecular weight is 274 g/mol. The van der Waals surface area contributed by atoms with Crippen LogP contribution in [0.15, 0.2) is 18.2 Å². The summed E-state index contributed by atoms with van der Waals surface area (Å²) in [6, 6.07) is 5.99. The van der Waals surface area contributed by atoms with Crippen molar-refractivity contribution in [3.63, 3.8) is 0 Å². The van der Waals surface area contributed by atoms with E-state index < -0.39 is 0 Å². The summed E-state index contributed by atoms with van der Waals surface area (Å²) in [4.78, 5) is 2.31. The molecule has 94 valence electrons. The lowest BCUT2D eigenvalue weighted by Gasteiger charge is -2.25. The fourth-order valence-electron chi connectivity index (χ4n) is 2.45. The summed E-state index contributed by atoms with van der Waals surface area (Å²) < 4.78 is 0. The highest BCUT2D eigenvalue weighted by Gasteiger charge is 2.30. The summed E-state index contributed by atoms with van der Waals surface area (Å²) in [7, 11) is 0. The van der Waals surface area contributed by atoms with Gasteiger partial charge in [-0.2, -0.15) is 0 Å². The SMILES string of the molecule is CC1CCN(Cc2ccc(Cl)c(Cl)c2)C1CO. The number of hydrogen-bond acceptors (Lipinski definition) is 2. The zero-order valence-corrected chi connectivity index (χ0v) is 11.4. The van der Waals surface area contributed by atoms with Gasteiger partial charge in [0.05, 0.1) is 16.7 Å². The van der Waals surface area contributed by atoms with Gasteiger partial charge in [-0.15, -0.1) is 0 Å². The molecule has 17 heavy (non-hydrogen) atoms. The smallest absolute Gasteiger partial charge is 0.0595 e. The molecule has 2 atom stereocenters. The van der Waals surface area contributed by atoms with Crippen LogP contribution >= 0.6 is 23.2 Å². The summed E-state index contributed by atoms with van der Waals surface area (Å²) in [6.45, 7) is 4.28. The van der Waals surface area contributed by atoms with E-state index in [9.17, 15) is 5.11 Å². The Hall–Kier alpha value is -0.280. The molecule has 2 rings (SSSR count). The van der Waals surface area contributed by atoms with Crippen molar-refractivity contribution >= 4 is 23.2 Å². The van der Waals surface area contributed by atoms with E-state index in [4.69, 9.17) is 23.2 Å². The van der Waals surface area contributed by atoms with Crippen molar-refractivity contribution in [1.82, 2.24) is 4.90 Å². The van der Waals surface area contributed by atoms with Crippen molar-refractivity contribution in [3.8, 4) is 0 Å². The average Bonchev–Trinajstić information content (AvgIpc) is 2.64. The fourth-order valence-corrected chi connectivity index (χ4v) is 2.77. The molecule has 0 spiro atoms. The highest BCUT2D eigenvalue weighted by Crippen LogP contribution is 2.27. The van der Waals surface area contributed by atoms with E-state index in [0.29, 0.717) is 16.0 Å². The van der Waals surface area contributed by atoms with Crippen LogP contribution in [0.5, 0.6) is 0 Å². The van der Waals surface area contributed by atoms with Gasteiger partial charge in [0.2, 0.25) is 0 Å². The zero-order chi connectivity index (χ0) is 12.4. The number of aliphatic hydroxyl groups is 1. The number of aliphatic hydroxyl groups excluding tert-OH is 1. The Morgan fingerprint density at radius 3 is 2.76 bits per heavy atom. The van der Waals surface area contributed by atoms with Crippen LogP contribution in [0.2, 0.25) is 10.0 Å². The van der Waals surface area contributed by atoms with Crippen LogP contribution in [0, 0.1) is 5.92 Å². The minimum atomic E-state index is 0.225. The molecular weight excluding hydrogens is 257 g/mol. The molecule has 1 fully saturated rings. The van der Waals surface area contributed by atoms with Crippen LogP contribution in [0.1, 0.15) is 18.9 Å². The molecule has 0 amide bonds. The fraction of sp³-hybridized carbons (Fsp3) is 0.538. The van der Waals surface area contributed by atoms with Gasteiger partial charge in [-0.1, -0.05) is 36.2 Å². The normalized spacial score (nSPS) is 25.4. The van der Waals surface area contributed by atoms with Crippen molar-refractivity contribution < 1.29 is 5.11 Å². The van der Waals surface area contributed by atoms with Gasteiger partial charge in [0.25, 0.3) is 0 Å². The van der Waals surface area contributed by atoms with Crippen LogP contribution in [0.25, 0.3) is 0 Å². The predicted molar refractivity (Wildman–Crippen MR) is 71.5 cm³/mol. The summed E-state index contributed by atoms with van der Waals surface area (Å²) in [5.41, 5.74) is 1.15. The molecule has 0 aliphatic carbocycles. The Bertz CT molecular complexity index is 397.